The van der Waals surface area contributed by atoms with Gasteiger partial charge in [-0.25, -0.2) is 9.97 Å². The van der Waals surface area contributed by atoms with Crippen molar-refractivity contribution < 1.29 is 0 Å². The minimum atomic E-state index is -0.0783. The zero-order valence-corrected chi connectivity index (χ0v) is 33.0. The van der Waals surface area contributed by atoms with Gasteiger partial charge in [0, 0.05) is 22.1 Å². The van der Waals surface area contributed by atoms with Crippen molar-refractivity contribution in [1.82, 2.24) is 9.97 Å². The van der Waals surface area contributed by atoms with Crippen LogP contribution in [0.2, 0.25) is 0 Å². The fourth-order valence-corrected chi connectivity index (χ4v) is 9.37. The average Bonchev–Trinajstić information content (AvgIpc) is 3.54. The van der Waals surface area contributed by atoms with E-state index in [0.29, 0.717) is 5.82 Å². The Balaban J connectivity index is 1.01. The van der Waals surface area contributed by atoms with E-state index >= 15 is 0 Å². The lowest BCUT2D eigenvalue weighted by Gasteiger charge is -2.23. The Bertz CT molecular complexity index is 3230. The highest BCUT2D eigenvalue weighted by Crippen LogP contribution is 2.52. The summed E-state index contributed by atoms with van der Waals surface area (Å²) >= 11 is 0. The van der Waals surface area contributed by atoms with Gasteiger partial charge in [0.15, 0.2) is 5.82 Å². The molecule has 0 N–H and O–H groups in total. The molecule has 0 amide bonds. The monoisotopic (exact) mass is 752 g/mol. The molecule has 1 aliphatic rings. The molecular weight excluding hydrogens is 713 g/mol. The van der Waals surface area contributed by atoms with Crippen molar-refractivity contribution in [2.24, 2.45) is 0 Å². The fourth-order valence-electron chi connectivity index (χ4n) is 9.37. The van der Waals surface area contributed by atoms with Crippen LogP contribution in [0.25, 0.3) is 100.0 Å². The number of hydrogen-bond acceptors (Lipinski definition) is 2. The Hall–Kier alpha value is -7.42. The van der Waals surface area contributed by atoms with Gasteiger partial charge in [0.1, 0.15) is 0 Å². The molecule has 1 aliphatic carbocycles. The number of hydrogen-bond donors (Lipinski definition) is 0. The highest BCUT2D eigenvalue weighted by atomic mass is 14.9. The summed E-state index contributed by atoms with van der Waals surface area (Å²) in [6, 6.07) is 74.3. The molecule has 2 nitrogen and oxygen atoms in total. The molecule has 10 aromatic rings. The molecule has 0 aliphatic heterocycles. The van der Waals surface area contributed by atoms with Crippen LogP contribution in [0.1, 0.15) is 25.0 Å². The molecule has 9 aromatic carbocycles. The van der Waals surface area contributed by atoms with Gasteiger partial charge in [0.05, 0.1) is 11.4 Å². The van der Waals surface area contributed by atoms with Crippen LogP contribution < -0.4 is 0 Å². The largest absolute Gasteiger partial charge is 0.228 e. The van der Waals surface area contributed by atoms with Gasteiger partial charge in [-0.15, -0.1) is 0 Å². The normalized spacial score (nSPS) is 12.7. The van der Waals surface area contributed by atoms with Crippen LogP contribution in [0.4, 0.5) is 0 Å². The van der Waals surface area contributed by atoms with Crippen molar-refractivity contribution in [3.8, 4) is 78.4 Å². The molecular formula is C57H40N2. The summed E-state index contributed by atoms with van der Waals surface area (Å²) in [4.78, 5) is 10.4. The number of rotatable bonds is 6. The summed E-state index contributed by atoms with van der Waals surface area (Å²) in [5, 5.41) is 4.98. The lowest BCUT2D eigenvalue weighted by atomic mass is 9.80. The predicted octanol–water partition coefficient (Wildman–Crippen LogP) is 15.1. The Morgan fingerprint density at radius 1 is 0.322 bits per heavy atom. The van der Waals surface area contributed by atoms with Crippen molar-refractivity contribution >= 4 is 21.5 Å². The molecule has 278 valence electrons. The smallest absolute Gasteiger partial charge is 0.160 e. The highest BCUT2D eigenvalue weighted by Gasteiger charge is 2.37. The second-order valence-corrected chi connectivity index (χ2v) is 16.2. The van der Waals surface area contributed by atoms with E-state index in [1.54, 1.807) is 0 Å². The van der Waals surface area contributed by atoms with Crippen LogP contribution in [0.15, 0.2) is 206 Å². The van der Waals surface area contributed by atoms with E-state index in [-0.39, 0.29) is 5.41 Å². The second kappa shape index (κ2) is 13.9. The molecule has 2 heteroatoms. The third-order valence-electron chi connectivity index (χ3n) is 12.3. The van der Waals surface area contributed by atoms with Gasteiger partial charge in [-0.3, -0.25) is 0 Å². The van der Waals surface area contributed by atoms with Gasteiger partial charge in [0.2, 0.25) is 0 Å². The fraction of sp³-hybridized carbons (Fsp3) is 0.0526. The maximum atomic E-state index is 5.25. The maximum Gasteiger partial charge on any atom is 0.160 e. The molecule has 1 aromatic heterocycles. The van der Waals surface area contributed by atoms with E-state index in [1.807, 2.05) is 18.2 Å². The molecule has 0 spiro atoms. The third-order valence-corrected chi connectivity index (χ3v) is 12.3. The quantitative estimate of drug-likeness (QED) is 0.169. The molecule has 0 saturated heterocycles. The first-order chi connectivity index (χ1) is 29.0. The van der Waals surface area contributed by atoms with Crippen LogP contribution in [0, 0.1) is 0 Å². The van der Waals surface area contributed by atoms with Gasteiger partial charge in [-0.2, -0.15) is 0 Å². The van der Waals surface area contributed by atoms with E-state index < -0.39 is 0 Å². The SMILES string of the molecule is CC1(C)c2ccc(-c3cccc(-c4ccc(-c5cc(-c6cccc(-c7ccccc7)c6)nc(-c6ccccc6)n5)c5ccccc45)c3)cc2-c2ccc3ccccc3c21. The Kier molecular flexibility index (Phi) is 8.20. The van der Waals surface area contributed by atoms with Crippen LogP contribution in [-0.4, -0.2) is 9.97 Å². The van der Waals surface area contributed by atoms with E-state index in [1.165, 1.54) is 66.2 Å². The highest BCUT2D eigenvalue weighted by molar-refractivity contribution is 6.05. The first kappa shape index (κ1) is 34.8. The molecule has 11 rings (SSSR count). The molecule has 59 heavy (non-hydrogen) atoms. The van der Waals surface area contributed by atoms with Crippen LogP contribution in [-0.2, 0) is 5.41 Å². The predicted molar refractivity (Wildman–Crippen MR) is 247 cm³/mol. The summed E-state index contributed by atoms with van der Waals surface area (Å²) in [6.45, 7) is 4.74. The number of aromatic nitrogens is 2. The van der Waals surface area contributed by atoms with Crippen LogP contribution >= 0.6 is 0 Å². The summed E-state index contributed by atoms with van der Waals surface area (Å²) in [5.41, 5.74) is 17.4. The molecule has 0 saturated carbocycles. The standard InChI is InChI=1S/C57H40N2/c1-57(2)52-32-28-42(35-51(52)50-29-27-38-17-9-10-24-46(38)55(50)57)41-21-13-22-43(33-41)45-30-31-49(48-26-12-11-25-47(45)48)54-36-53(58-56(59-54)39-18-7-4-8-19-39)44-23-14-20-40(34-44)37-15-5-3-6-16-37/h3-36H,1-2H3. The van der Waals surface area contributed by atoms with Gasteiger partial charge in [-0.05, 0) is 101 Å². The molecule has 0 fully saturated rings. The minimum Gasteiger partial charge on any atom is -0.228 e. The zero-order valence-electron chi connectivity index (χ0n) is 33.0. The maximum absolute atomic E-state index is 5.25. The molecule has 0 radical (unpaired) electrons. The lowest BCUT2D eigenvalue weighted by molar-refractivity contribution is 0.666. The van der Waals surface area contributed by atoms with Crippen molar-refractivity contribution in [1.29, 1.82) is 0 Å². The number of benzene rings is 9. The van der Waals surface area contributed by atoms with Crippen molar-refractivity contribution in [2.75, 3.05) is 0 Å². The van der Waals surface area contributed by atoms with Gasteiger partial charge in [0.25, 0.3) is 0 Å². The molecule has 0 unspecified atom stereocenters. The number of fused-ring (bicyclic) bond motifs is 6. The number of nitrogens with zero attached hydrogens (tertiary/aromatic N) is 2. The van der Waals surface area contributed by atoms with E-state index in [2.05, 4.69) is 202 Å². The third kappa shape index (κ3) is 5.96. The van der Waals surface area contributed by atoms with Gasteiger partial charge < -0.3 is 0 Å². The van der Waals surface area contributed by atoms with Crippen molar-refractivity contribution in [3.63, 3.8) is 0 Å². The average molecular weight is 753 g/mol. The van der Waals surface area contributed by atoms with Crippen LogP contribution in [0.5, 0.6) is 0 Å². The van der Waals surface area contributed by atoms with E-state index in [9.17, 15) is 0 Å². The Labute approximate surface area is 345 Å². The van der Waals surface area contributed by atoms with Crippen molar-refractivity contribution in [2.45, 2.75) is 19.3 Å². The van der Waals surface area contributed by atoms with Gasteiger partial charge >= 0.3 is 0 Å². The lowest BCUT2D eigenvalue weighted by Crippen LogP contribution is -2.15. The van der Waals surface area contributed by atoms with Crippen LogP contribution in [0.3, 0.4) is 0 Å². The summed E-state index contributed by atoms with van der Waals surface area (Å²) < 4.78 is 0. The molecule has 0 atom stereocenters. The molecule has 0 bridgehead atoms. The Morgan fingerprint density at radius 3 is 1.64 bits per heavy atom. The first-order valence-electron chi connectivity index (χ1n) is 20.4. The zero-order chi connectivity index (χ0) is 39.5. The topological polar surface area (TPSA) is 25.8 Å². The second-order valence-electron chi connectivity index (χ2n) is 16.2. The summed E-state index contributed by atoms with van der Waals surface area (Å²) in [7, 11) is 0. The summed E-state index contributed by atoms with van der Waals surface area (Å²) in [6.07, 6.45) is 0. The van der Waals surface area contributed by atoms with Crippen molar-refractivity contribution in [3.05, 3.63) is 217 Å². The Morgan fingerprint density at radius 2 is 0.864 bits per heavy atom. The van der Waals surface area contributed by atoms with E-state index in [4.69, 9.17) is 9.97 Å². The summed E-state index contributed by atoms with van der Waals surface area (Å²) in [5.74, 6) is 0.706. The van der Waals surface area contributed by atoms with Gasteiger partial charge in [-0.1, -0.05) is 196 Å². The van der Waals surface area contributed by atoms with E-state index in [0.717, 1.165) is 39.0 Å². The molecule has 1 heterocycles. The first-order valence-corrected chi connectivity index (χ1v) is 20.4. The minimum absolute atomic E-state index is 0.0783.